The minimum atomic E-state index is 0. The van der Waals surface area contributed by atoms with Crippen molar-refractivity contribution >= 4 is 29.9 Å². The van der Waals surface area contributed by atoms with Gasteiger partial charge in [-0.25, -0.2) is 0 Å². The summed E-state index contributed by atoms with van der Waals surface area (Å²) >= 11 is 0. The van der Waals surface area contributed by atoms with Gasteiger partial charge in [-0.2, -0.15) is 5.10 Å². The van der Waals surface area contributed by atoms with Gasteiger partial charge in [0.1, 0.15) is 0 Å². The molecule has 0 radical (unpaired) electrons. The fourth-order valence-electron chi connectivity index (χ4n) is 3.60. The van der Waals surface area contributed by atoms with Crippen molar-refractivity contribution in [2.75, 3.05) is 33.7 Å². The summed E-state index contributed by atoms with van der Waals surface area (Å²) in [7, 11) is 6.14. The van der Waals surface area contributed by atoms with Gasteiger partial charge in [-0.1, -0.05) is 25.7 Å². The Bertz CT molecular complexity index is 522. The largest absolute Gasteiger partial charge is 0.357 e. The molecule has 0 bridgehead atoms. The van der Waals surface area contributed by atoms with Crippen molar-refractivity contribution in [3.05, 3.63) is 18.0 Å². The van der Waals surface area contributed by atoms with Crippen molar-refractivity contribution in [1.29, 1.82) is 0 Å². The van der Waals surface area contributed by atoms with Gasteiger partial charge in [0.25, 0.3) is 0 Å². The Morgan fingerprint density at radius 2 is 2.08 bits per heavy atom. The zero-order chi connectivity index (χ0) is 18.1. The van der Waals surface area contributed by atoms with E-state index in [4.69, 9.17) is 4.99 Å². The number of aryl methyl sites for hydroxylation is 1. The Hall–Kier alpha value is -0.830. The highest BCUT2D eigenvalue weighted by Gasteiger charge is 2.16. The quantitative estimate of drug-likeness (QED) is 0.249. The number of halogens is 1. The molecule has 1 saturated carbocycles. The summed E-state index contributed by atoms with van der Waals surface area (Å²) in [5, 5.41) is 11.1. The first-order valence-electron chi connectivity index (χ1n) is 9.77. The predicted molar refractivity (Wildman–Crippen MR) is 120 cm³/mol. The van der Waals surface area contributed by atoms with E-state index in [1.54, 1.807) is 0 Å². The van der Waals surface area contributed by atoms with Crippen LogP contribution in [0.5, 0.6) is 0 Å². The molecule has 6 nitrogen and oxygen atoms in total. The van der Waals surface area contributed by atoms with E-state index in [9.17, 15) is 0 Å². The smallest absolute Gasteiger partial charge is 0.191 e. The molecule has 0 saturated heterocycles. The molecule has 0 aliphatic heterocycles. The topological polar surface area (TPSA) is 57.5 Å². The maximum Gasteiger partial charge on any atom is 0.191 e. The van der Waals surface area contributed by atoms with Crippen LogP contribution in [0, 0.1) is 5.92 Å². The van der Waals surface area contributed by atoms with Crippen LogP contribution in [0.15, 0.2) is 17.4 Å². The van der Waals surface area contributed by atoms with E-state index >= 15 is 0 Å². The van der Waals surface area contributed by atoms with Crippen LogP contribution in [0.4, 0.5) is 0 Å². The van der Waals surface area contributed by atoms with Crippen molar-refractivity contribution in [3.63, 3.8) is 0 Å². The Kier molecular flexibility index (Phi) is 11.2. The molecule has 150 valence electrons. The van der Waals surface area contributed by atoms with Gasteiger partial charge in [0.15, 0.2) is 5.96 Å². The van der Waals surface area contributed by atoms with Crippen molar-refractivity contribution in [3.8, 4) is 0 Å². The molecule has 1 atom stereocenters. The van der Waals surface area contributed by atoms with E-state index in [-0.39, 0.29) is 30.0 Å². The lowest BCUT2D eigenvalue weighted by Gasteiger charge is -2.22. The van der Waals surface area contributed by atoms with Gasteiger partial charge in [0, 0.05) is 31.9 Å². The summed E-state index contributed by atoms with van der Waals surface area (Å²) < 4.78 is 1.85. The first kappa shape index (κ1) is 23.2. The summed E-state index contributed by atoms with van der Waals surface area (Å²) in [5.41, 5.74) is 1.20. The number of guanidine groups is 1. The molecular formula is C19H37IN6. The molecule has 1 unspecified atom stereocenters. The molecular weight excluding hydrogens is 439 g/mol. The Morgan fingerprint density at radius 3 is 2.65 bits per heavy atom. The normalized spacial score (nSPS) is 16.6. The molecule has 2 N–H and O–H groups in total. The number of nitrogens with one attached hydrogen (secondary N) is 2. The monoisotopic (exact) mass is 476 g/mol. The third-order valence-electron chi connectivity index (χ3n) is 5.06. The summed E-state index contributed by atoms with van der Waals surface area (Å²) in [4.78, 5) is 7.00. The third kappa shape index (κ3) is 7.82. The number of aliphatic imine (C=N–C) groups is 1. The lowest BCUT2D eigenvalue weighted by molar-refractivity contribution is 0.306. The first-order valence-corrected chi connectivity index (χ1v) is 9.77. The second-order valence-electron chi connectivity index (χ2n) is 7.37. The van der Waals surface area contributed by atoms with Gasteiger partial charge in [0.2, 0.25) is 0 Å². The Balaban J connectivity index is 0.00000338. The Morgan fingerprint density at radius 1 is 1.35 bits per heavy atom. The summed E-state index contributed by atoms with van der Waals surface area (Å²) in [6, 6.07) is 0.239. The van der Waals surface area contributed by atoms with Crippen LogP contribution < -0.4 is 10.6 Å². The third-order valence-corrected chi connectivity index (χ3v) is 5.06. The fraction of sp³-hybridized carbons (Fsp3) is 0.789. The Labute approximate surface area is 176 Å². The molecule has 1 fully saturated rings. The molecule has 1 aliphatic carbocycles. The molecule has 1 aromatic rings. The van der Waals surface area contributed by atoms with E-state index in [1.165, 1.54) is 44.1 Å². The average molecular weight is 476 g/mol. The van der Waals surface area contributed by atoms with Crippen LogP contribution in [0.2, 0.25) is 0 Å². The molecule has 2 rings (SSSR count). The van der Waals surface area contributed by atoms with Crippen LogP contribution in [0.25, 0.3) is 0 Å². The predicted octanol–water partition coefficient (Wildman–Crippen LogP) is 3.17. The zero-order valence-corrected chi connectivity index (χ0v) is 19.2. The van der Waals surface area contributed by atoms with Gasteiger partial charge in [-0.15, -0.1) is 24.0 Å². The fourth-order valence-corrected chi connectivity index (χ4v) is 3.60. The molecule has 0 aromatic carbocycles. The van der Waals surface area contributed by atoms with Crippen molar-refractivity contribution in [2.45, 2.75) is 51.5 Å². The highest BCUT2D eigenvalue weighted by Crippen LogP contribution is 2.28. The average Bonchev–Trinajstić information content (AvgIpc) is 3.23. The SMILES string of the molecule is CCNC(=NCC(c1cnn(C)c1)N(C)C)NCCCC1CCCC1.I. The maximum absolute atomic E-state index is 4.81. The molecule has 0 amide bonds. The first-order chi connectivity index (χ1) is 12.1. The van der Waals surface area contributed by atoms with E-state index in [2.05, 4.69) is 47.8 Å². The molecule has 0 spiro atoms. The van der Waals surface area contributed by atoms with Crippen LogP contribution in [0.1, 0.15) is 57.1 Å². The minimum absolute atomic E-state index is 0. The van der Waals surface area contributed by atoms with Crippen LogP contribution in [-0.2, 0) is 7.05 Å². The molecule has 1 aromatic heterocycles. The highest BCUT2D eigenvalue weighted by molar-refractivity contribution is 14.0. The summed E-state index contributed by atoms with van der Waals surface area (Å²) in [6.45, 7) is 4.72. The van der Waals surface area contributed by atoms with Gasteiger partial charge in [-0.05, 0) is 39.8 Å². The number of likely N-dealkylation sites (N-methyl/N-ethyl adjacent to an activating group) is 1. The standard InChI is InChI=1S/C19H36N6.HI/c1-5-20-19(21-12-8-11-16-9-6-7-10-16)22-14-18(24(2)3)17-13-23-25(4)15-17;/h13,15-16,18H,5-12,14H2,1-4H3,(H2,20,21,22);1H. The lowest BCUT2D eigenvalue weighted by Crippen LogP contribution is -2.38. The van der Waals surface area contributed by atoms with E-state index < -0.39 is 0 Å². The summed E-state index contributed by atoms with van der Waals surface area (Å²) in [6.07, 6.45) is 12.3. The van der Waals surface area contributed by atoms with Crippen molar-refractivity contribution in [1.82, 2.24) is 25.3 Å². The lowest BCUT2D eigenvalue weighted by atomic mass is 10.0. The van der Waals surface area contributed by atoms with E-state index in [1.807, 2.05) is 17.9 Å². The zero-order valence-electron chi connectivity index (χ0n) is 16.9. The van der Waals surface area contributed by atoms with Crippen molar-refractivity contribution in [2.24, 2.45) is 18.0 Å². The second-order valence-corrected chi connectivity index (χ2v) is 7.37. The van der Waals surface area contributed by atoms with Gasteiger partial charge in [-0.3, -0.25) is 9.67 Å². The second kappa shape index (κ2) is 12.5. The van der Waals surface area contributed by atoms with Crippen LogP contribution in [0.3, 0.4) is 0 Å². The van der Waals surface area contributed by atoms with Gasteiger partial charge >= 0.3 is 0 Å². The number of nitrogens with zero attached hydrogens (tertiary/aromatic N) is 4. The number of rotatable bonds is 9. The van der Waals surface area contributed by atoms with E-state index in [0.717, 1.165) is 31.5 Å². The molecule has 1 aliphatic rings. The van der Waals surface area contributed by atoms with Gasteiger partial charge in [0.05, 0.1) is 18.8 Å². The van der Waals surface area contributed by atoms with Crippen molar-refractivity contribution < 1.29 is 0 Å². The highest BCUT2D eigenvalue weighted by atomic mass is 127. The molecule has 1 heterocycles. The minimum Gasteiger partial charge on any atom is -0.357 e. The van der Waals surface area contributed by atoms with E-state index in [0.29, 0.717) is 0 Å². The van der Waals surface area contributed by atoms with Crippen LogP contribution >= 0.6 is 24.0 Å². The number of aromatic nitrogens is 2. The molecule has 26 heavy (non-hydrogen) atoms. The number of hydrogen-bond acceptors (Lipinski definition) is 3. The van der Waals surface area contributed by atoms with Gasteiger partial charge < -0.3 is 15.5 Å². The van der Waals surface area contributed by atoms with Crippen LogP contribution in [-0.4, -0.2) is 54.4 Å². The number of hydrogen-bond donors (Lipinski definition) is 2. The molecule has 7 heteroatoms. The summed E-state index contributed by atoms with van der Waals surface area (Å²) in [5.74, 6) is 1.88. The maximum atomic E-state index is 4.81.